The molecule has 31 heavy (non-hydrogen) atoms. The Balaban J connectivity index is 1.56. The Hall–Kier alpha value is -3.40. The fraction of sp³-hybridized carbons (Fsp3) is 0.286. The van der Waals surface area contributed by atoms with E-state index in [0.29, 0.717) is 16.6 Å². The predicted octanol–water partition coefficient (Wildman–Crippen LogP) is 2.66. The van der Waals surface area contributed by atoms with Gasteiger partial charge in [-0.1, -0.05) is 30.0 Å². The maximum Gasteiger partial charge on any atom is 0.295 e. The van der Waals surface area contributed by atoms with Gasteiger partial charge in [-0.05, 0) is 45.9 Å². The van der Waals surface area contributed by atoms with Gasteiger partial charge in [-0.2, -0.15) is 4.98 Å². The fourth-order valence-electron chi connectivity index (χ4n) is 3.35. The van der Waals surface area contributed by atoms with E-state index in [1.807, 2.05) is 50.2 Å². The summed E-state index contributed by atoms with van der Waals surface area (Å²) >= 11 is 1.22. The summed E-state index contributed by atoms with van der Waals surface area (Å²) in [4.78, 5) is 34.6. The highest BCUT2D eigenvalue weighted by molar-refractivity contribution is 8.00. The van der Waals surface area contributed by atoms with Gasteiger partial charge >= 0.3 is 0 Å². The summed E-state index contributed by atoms with van der Waals surface area (Å²) in [5.74, 6) is 0.202. The number of hydrogen-bond acceptors (Lipinski definition) is 6. The third kappa shape index (κ3) is 3.86. The first kappa shape index (κ1) is 20.9. The molecular formula is C21H23N7O2S. The van der Waals surface area contributed by atoms with E-state index in [1.165, 1.54) is 16.4 Å². The molecule has 0 aliphatic heterocycles. The van der Waals surface area contributed by atoms with Gasteiger partial charge < -0.3 is 5.32 Å². The lowest BCUT2D eigenvalue weighted by atomic mass is 10.3. The molecule has 0 aliphatic carbocycles. The highest BCUT2D eigenvalue weighted by Gasteiger charge is 2.23. The standard InChI is InChI=1S/C21H23N7O2S/c1-12-11-13(2)27-20(22-12)24-21(25-27)31-15(4)18(29)23-17-14(3)26(5)28(19(17)30)16-9-7-6-8-10-16/h6-11,15H,1-5H3,(H,23,29)/t15-/m0/s1. The first-order chi connectivity index (χ1) is 14.8. The van der Waals surface area contributed by atoms with Gasteiger partial charge in [-0.3, -0.25) is 14.3 Å². The predicted molar refractivity (Wildman–Crippen MR) is 120 cm³/mol. The second-order valence-corrected chi connectivity index (χ2v) is 8.64. The lowest BCUT2D eigenvalue weighted by molar-refractivity contribution is -0.115. The number of hydrogen-bond donors (Lipinski definition) is 1. The largest absolute Gasteiger partial charge is 0.319 e. The lowest BCUT2D eigenvalue weighted by Gasteiger charge is -2.09. The summed E-state index contributed by atoms with van der Waals surface area (Å²) in [7, 11) is 1.79. The third-order valence-corrected chi connectivity index (χ3v) is 6.00. The number of amides is 1. The molecule has 1 amide bonds. The third-order valence-electron chi connectivity index (χ3n) is 5.05. The molecule has 1 atom stereocenters. The molecule has 0 bridgehead atoms. The number of carbonyl (C=O) groups excluding carboxylic acids is 1. The SMILES string of the molecule is Cc1cc(C)n2nc(S[C@@H](C)C(=O)Nc3c(C)n(C)n(-c4ccccc4)c3=O)nc2n1. The van der Waals surface area contributed by atoms with Crippen LogP contribution in [0.4, 0.5) is 5.69 Å². The summed E-state index contributed by atoms with van der Waals surface area (Å²) in [6.45, 7) is 7.38. The Morgan fingerprint density at radius 1 is 1.13 bits per heavy atom. The summed E-state index contributed by atoms with van der Waals surface area (Å²) < 4.78 is 4.91. The molecule has 0 saturated heterocycles. The Kier molecular flexibility index (Phi) is 5.40. The van der Waals surface area contributed by atoms with Crippen LogP contribution in [-0.4, -0.2) is 40.1 Å². The minimum Gasteiger partial charge on any atom is -0.319 e. The molecule has 0 saturated carbocycles. The molecule has 4 aromatic rings. The van der Waals surface area contributed by atoms with Crippen molar-refractivity contribution in [1.82, 2.24) is 28.9 Å². The van der Waals surface area contributed by atoms with Crippen LogP contribution in [0.15, 0.2) is 46.3 Å². The van der Waals surface area contributed by atoms with Crippen LogP contribution in [0.3, 0.4) is 0 Å². The smallest absolute Gasteiger partial charge is 0.295 e. The van der Waals surface area contributed by atoms with Crippen LogP contribution in [0.2, 0.25) is 0 Å². The molecule has 0 radical (unpaired) electrons. The Labute approximate surface area is 183 Å². The van der Waals surface area contributed by atoms with Crippen molar-refractivity contribution in [3.63, 3.8) is 0 Å². The Morgan fingerprint density at radius 3 is 2.55 bits per heavy atom. The highest BCUT2D eigenvalue weighted by Crippen LogP contribution is 2.22. The van der Waals surface area contributed by atoms with Crippen LogP contribution in [0.25, 0.3) is 11.5 Å². The fourth-order valence-corrected chi connectivity index (χ4v) is 4.09. The van der Waals surface area contributed by atoms with E-state index in [-0.39, 0.29) is 17.2 Å². The van der Waals surface area contributed by atoms with E-state index >= 15 is 0 Å². The molecule has 3 heterocycles. The molecule has 0 spiro atoms. The molecule has 160 valence electrons. The van der Waals surface area contributed by atoms with Crippen molar-refractivity contribution in [1.29, 1.82) is 0 Å². The van der Waals surface area contributed by atoms with Crippen LogP contribution in [-0.2, 0) is 11.8 Å². The van der Waals surface area contributed by atoms with Crippen LogP contribution in [0.5, 0.6) is 0 Å². The number of aryl methyl sites for hydroxylation is 2. The summed E-state index contributed by atoms with van der Waals surface area (Å²) in [6, 6.07) is 11.2. The van der Waals surface area contributed by atoms with E-state index in [4.69, 9.17) is 0 Å². The number of carbonyl (C=O) groups is 1. The summed E-state index contributed by atoms with van der Waals surface area (Å²) in [6.07, 6.45) is 0. The number of thioether (sulfide) groups is 1. The molecule has 3 aromatic heterocycles. The van der Waals surface area contributed by atoms with Gasteiger partial charge in [-0.25, -0.2) is 14.2 Å². The minimum atomic E-state index is -0.511. The summed E-state index contributed by atoms with van der Waals surface area (Å²) in [5, 5.41) is 7.17. The van der Waals surface area contributed by atoms with Crippen LogP contribution >= 0.6 is 11.8 Å². The molecule has 0 aliphatic rings. The van der Waals surface area contributed by atoms with Crippen LogP contribution in [0.1, 0.15) is 24.0 Å². The van der Waals surface area contributed by atoms with E-state index in [9.17, 15) is 9.59 Å². The number of aromatic nitrogens is 6. The molecule has 10 heteroatoms. The van der Waals surface area contributed by atoms with E-state index in [0.717, 1.165) is 17.1 Å². The first-order valence-corrected chi connectivity index (χ1v) is 10.7. The maximum absolute atomic E-state index is 13.0. The quantitative estimate of drug-likeness (QED) is 0.482. The number of nitrogens with zero attached hydrogens (tertiary/aromatic N) is 6. The molecule has 1 N–H and O–H groups in total. The van der Waals surface area contributed by atoms with Crippen molar-refractivity contribution in [2.24, 2.45) is 7.05 Å². The van der Waals surface area contributed by atoms with Crippen LogP contribution in [0, 0.1) is 20.8 Å². The molecule has 9 nitrogen and oxygen atoms in total. The Bertz CT molecular complexity index is 1340. The molecule has 0 unspecified atom stereocenters. The second-order valence-electron chi connectivity index (χ2n) is 7.33. The lowest BCUT2D eigenvalue weighted by Crippen LogP contribution is -2.27. The van der Waals surface area contributed by atoms with Crippen LogP contribution < -0.4 is 10.9 Å². The van der Waals surface area contributed by atoms with Crippen molar-refractivity contribution in [2.75, 3.05) is 5.32 Å². The van der Waals surface area contributed by atoms with E-state index < -0.39 is 5.25 Å². The van der Waals surface area contributed by atoms with Crippen molar-refractivity contribution < 1.29 is 4.79 Å². The summed E-state index contributed by atoms with van der Waals surface area (Å²) in [5.41, 5.74) is 3.15. The zero-order chi connectivity index (χ0) is 22.3. The monoisotopic (exact) mass is 437 g/mol. The minimum absolute atomic E-state index is 0.264. The maximum atomic E-state index is 13.0. The van der Waals surface area contributed by atoms with Crippen molar-refractivity contribution >= 4 is 29.1 Å². The van der Waals surface area contributed by atoms with E-state index in [1.54, 1.807) is 30.1 Å². The van der Waals surface area contributed by atoms with Gasteiger partial charge in [0.25, 0.3) is 11.3 Å². The number of para-hydroxylation sites is 1. The number of rotatable bonds is 5. The van der Waals surface area contributed by atoms with Gasteiger partial charge in [0, 0.05) is 18.4 Å². The highest BCUT2D eigenvalue weighted by atomic mass is 32.2. The molecular weight excluding hydrogens is 414 g/mol. The zero-order valence-electron chi connectivity index (χ0n) is 17.9. The Morgan fingerprint density at radius 2 is 1.84 bits per heavy atom. The van der Waals surface area contributed by atoms with Crippen molar-refractivity contribution in [2.45, 2.75) is 38.1 Å². The average Bonchev–Trinajstić information content (AvgIpc) is 3.22. The molecule has 0 fully saturated rings. The van der Waals surface area contributed by atoms with Gasteiger partial charge in [0.15, 0.2) is 0 Å². The first-order valence-electron chi connectivity index (χ1n) is 9.79. The van der Waals surface area contributed by atoms with Crippen molar-refractivity contribution in [3.05, 3.63) is 63.8 Å². The number of nitrogens with one attached hydrogen (secondary N) is 1. The van der Waals surface area contributed by atoms with E-state index in [2.05, 4.69) is 20.4 Å². The van der Waals surface area contributed by atoms with Gasteiger partial charge in [-0.15, -0.1) is 5.10 Å². The molecule has 1 aromatic carbocycles. The van der Waals surface area contributed by atoms with Gasteiger partial charge in [0.1, 0.15) is 5.69 Å². The normalized spacial score (nSPS) is 12.3. The van der Waals surface area contributed by atoms with Gasteiger partial charge in [0.05, 0.1) is 16.6 Å². The molecule has 4 rings (SSSR count). The number of fused-ring (bicyclic) bond motifs is 1. The van der Waals surface area contributed by atoms with Gasteiger partial charge in [0.2, 0.25) is 11.1 Å². The number of benzene rings is 1. The average molecular weight is 438 g/mol. The van der Waals surface area contributed by atoms with Crippen molar-refractivity contribution in [3.8, 4) is 5.69 Å². The number of anilines is 1. The topological polar surface area (TPSA) is 99.1 Å². The zero-order valence-corrected chi connectivity index (χ0v) is 18.8. The second kappa shape index (κ2) is 8.03.